The molecule has 3 amide bonds. The van der Waals surface area contributed by atoms with Gasteiger partial charge in [0, 0.05) is 35.7 Å². The summed E-state index contributed by atoms with van der Waals surface area (Å²) in [5.41, 5.74) is 4.96. The van der Waals surface area contributed by atoms with E-state index in [2.05, 4.69) is 54.2 Å². The van der Waals surface area contributed by atoms with Crippen LogP contribution in [0.3, 0.4) is 0 Å². The van der Waals surface area contributed by atoms with Crippen molar-refractivity contribution in [3.63, 3.8) is 0 Å². The van der Waals surface area contributed by atoms with Crippen LogP contribution < -0.4 is 20.3 Å². The lowest BCUT2D eigenvalue weighted by atomic mass is 9.83. The highest BCUT2D eigenvalue weighted by molar-refractivity contribution is 6.11. The van der Waals surface area contributed by atoms with E-state index in [1.807, 2.05) is 31.8 Å². The third kappa shape index (κ3) is 6.18. The Morgan fingerprint density at radius 2 is 1.70 bits per heavy atom. The van der Waals surface area contributed by atoms with Crippen LogP contribution in [0.15, 0.2) is 58.0 Å². The van der Waals surface area contributed by atoms with Gasteiger partial charge < -0.3 is 18.9 Å². The first-order chi connectivity index (χ1) is 33.1. The highest BCUT2D eigenvalue weighted by Gasteiger charge is 2.59. The van der Waals surface area contributed by atoms with Crippen LogP contribution in [-0.4, -0.2) is 89.1 Å². The SMILES string of the molecule is Cc1cc(-c2nn3c(c2N2C[C@@H]4COc5cc6c(cnn6C6CC6)c(F)c5N4C2=O)[C@H](C)N(C(=O)c2cc4cc([C@H]5CCOC(C)(C)C5)ccc4n2[C@@]2(c4noc(=O)[nH]4)C[C@@H]2C)CC3)cc(C)c1F. The lowest BCUT2D eigenvalue weighted by Crippen LogP contribution is -2.43. The van der Waals surface area contributed by atoms with Crippen molar-refractivity contribution < 1.29 is 32.4 Å². The predicted octanol–water partition coefficient (Wildman–Crippen LogP) is 8.64. The molecule has 18 heteroatoms. The minimum absolute atomic E-state index is 0.00232. The number of aryl methyl sites for hydroxylation is 2. The topological polar surface area (TPSA) is 162 Å². The number of nitrogens with one attached hydrogen (secondary N) is 1. The summed E-state index contributed by atoms with van der Waals surface area (Å²) in [6, 6.07) is 12.1. The van der Waals surface area contributed by atoms with E-state index in [-0.39, 0.29) is 66.3 Å². The minimum atomic E-state index is -0.860. The molecule has 0 unspecified atom stereocenters. The second kappa shape index (κ2) is 14.6. The number of benzene rings is 3. The van der Waals surface area contributed by atoms with Gasteiger partial charge in [-0.25, -0.2) is 18.4 Å². The van der Waals surface area contributed by atoms with E-state index >= 15 is 18.4 Å². The molecule has 2 saturated heterocycles. The zero-order valence-electron chi connectivity index (χ0n) is 39.3. The van der Waals surface area contributed by atoms with Crippen molar-refractivity contribution in [3.05, 3.63) is 105 Å². The van der Waals surface area contributed by atoms with Crippen LogP contribution in [0, 0.1) is 31.4 Å². The average molecular weight is 939 g/mol. The van der Waals surface area contributed by atoms with Crippen molar-refractivity contribution in [1.29, 1.82) is 0 Å². The molecule has 3 aromatic carbocycles. The zero-order chi connectivity index (χ0) is 47.6. The molecule has 0 bridgehead atoms. The minimum Gasteiger partial charge on any atom is -0.489 e. The van der Waals surface area contributed by atoms with E-state index in [4.69, 9.17) is 19.1 Å². The summed E-state index contributed by atoms with van der Waals surface area (Å²) in [5, 5.41) is 15.1. The van der Waals surface area contributed by atoms with Crippen molar-refractivity contribution in [1.82, 2.24) is 39.2 Å². The molecule has 13 rings (SSSR count). The van der Waals surface area contributed by atoms with Crippen molar-refractivity contribution >= 4 is 45.1 Å². The summed E-state index contributed by atoms with van der Waals surface area (Å²) in [4.78, 5) is 51.1. The molecule has 2 aliphatic carbocycles. The lowest BCUT2D eigenvalue weighted by molar-refractivity contribution is -0.0592. The summed E-state index contributed by atoms with van der Waals surface area (Å²) >= 11 is 0. The van der Waals surface area contributed by atoms with Crippen LogP contribution in [0.1, 0.15) is 116 Å². The molecule has 0 spiro atoms. The number of rotatable bonds is 7. The summed E-state index contributed by atoms with van der Waals surface area (Å²) in [7, 11) is 0. The third-order valence-electron chi connectivity index (χ3n) is 15.9. The second-order valence-corrected chi connectivity index (χ2v) is 20.9. The van der Waals surface area contributed by atoms with Gasteiger partial charge in [-0.2, -0.15) is 10.2 Å². The van der Waals surface area contributed by atoms with Crippen LogP contribution in [0.4, 0.5) is 25.0 Å². The van der Waals surface area contributed by atoms with Gasteiger partial charge in [-0.15, -0.1) is 0 Å². The van der Waals surface area contributed by atoms with E-state index in [9.17, 15) is 4.79 Å². The number of nitrogens with zero attached hydrogens (tertiary/aromatic N) is 9. The predicted molar refractivity (Wildman–Crippen MR) is 251 cm³/mol. The first kappa shape index (κ1) is 42.3. The van der Waals surface area contributed by atoms with Gasteiger partial charge in [0.1, 0.15) is 40.8 Å². The molecule has 69 heavy (non-hydrogen) atoms. The highest BCUT2D eigenvalue weighted by Crippen LogP contribution is 2.56. The Morgan fingerprint density at radius 1 is 0.913 bits per heavy atom. The number of ether oxygens (including phenoxy) is 2. The number of carbonyl (C=O) groups is 2. The summed E-state index contributed by atoms with van der Waals surface area (Å²) in [6.45, 7) is 13.1. The molecule has 5 atom stereocenters. The van der Waals surface area contributed by atoms with Crippen LogP contribution >= 0.6 is 0 Å². The molecule has 8 heterocycles. The Morgan fingerprint density at radius 3 is 2.41 bits per heavy atom. The molecular weight excluding hydrogens is 887 g/mol. The second-order valence-electron chi connectivity index (χ2n) is 20.9. The van der Waals surface area contributed by atoms with E-state index in [0.717, 1.165) is 36.6 Å². The standard InChI is InChI=1S/C51H52F2N10O6/c1-25-15-32(16-26(2)40(25)52)42-45(59-23-34-24-67-39-19-37-35(22-54-63(37)33-8-9-33)41(53)44(39)61(34)49(59)66)43-28(4)58(12-13-60(43)56-42)46(64)38-18-31-17-29(30-11-14-68-50(5,6)21-30)7-10-36(31)62(38)51(20-27(51)3)47-55-48(65)69-57-47/h7,10,15-19,22,27-28,30,33-34H,8-9,11-14,20-21,23-24H2,1-6H3,(H,55,57,65)/t27-,28-,30-,34+,51-/m0/s1. The maximum Gasteiger partial charge on any atom is 0.438 e. The normalized spacial score (nSPS) is 25.0. The summed E-state index contributed by atoms with van der Waals surface area (Å²) < 4.78 is 55.2. The summed E-state index contributed by atoms with van der Waals surface area (Å²) in [6.07, 6.45) is 5.80. The van der Waals surface area contributed by atoms with Gasteiger partial charge in [0.15, 0.2) is 11.6 Å². The number of hydrogen-bond acceptors (Lipinski definition) is 9. The molecule has 4 fully saturated rings. The number of amides is 3. The van der Waals surface area contributed by atoms with E-state index in [1.54, 1.807) is 36.9 Å². The monoisotopic (exact) mass is 938 g/mol. The molecular formula is C51H52F2N10O6. The van der Waals surface area contributed by atoms with Crippen molar-refractivity contribution in [2.45, 2.75) is 115 Å². The van der Waals surface area contributed by atoms with Gasteiger partial charge in [0.05, 0.1) is 65.3 Å². The molecule has 7 aromatic rings. The smallest absolute Gasteiger partial charge is 0.438 e. The molecule has 0 radical (unpaired) electrons. The molecule has 2 saturated carbocycles. The Bertz CT molecular complexity index is 3390. The van der Waals surface area contributed by atoms with Crippen molar-refractivity contribution in [2.24, 2.45) is 5.92 Å². The Labute approximate surface area is 394 Å². The van der Waals surface area contributed by atoms with Gasteiger partial charge in [-0.3, -0.25) is 33.5 Å². The molecule has 1 N–H and O–H groups in total. The number of halogens is 2. The average Bonchev–Trinajstić information content (AvgIpc) is 3.88. The number of fused-ring (bicyclic) bond motifs is 6. The van der Waals surface area contributed by atoms with E-state index < -0.39 is 35.2 Å². The van der Waals surface area contributed by atoms with Crippen LogP contribution in [0.25, 0.3) is 33.1 Å². The number of hydrogen-bond donors (Lipinski definition) is 1. The lowest BCUT2D eigenvalue weighted by Gasteiger charge is -2.36. The fourth-order valence-electron chi connectivity index (χ4n) is 12.2. The van der Waals surface area contributed by atoms with Crippen molar-refractivity contribution in [3.8, 4) is 17.0 Å². The van der Waals surface area contributed by atoms with Crippen LogP contribution in [-0.2, 0) is 16.8 Å². The first-order valence-corrected chi connectivity index (χ1v) is 24.1. The van der Waals surface area contributed by atoms with Crippen LogP contribution in [0.5, 0.6) is 5.75 Å². The van der Waals surface area contributed by atoms with Crippen molar-refractivity contribution in [2.75, 3.05) is 36.1 Å². The van der Waals surface area contributed by atoms with Gasteiger partial charge in [-0.1, -0.05) is 18.1 Å². The van der Waals surface area contributed by atoms with Gasteiger partial charge >= 0.3 is 11.8 Å². The largest absolute Gasteiger partial charge is 0.489 e. The number of anilines is 2. The number of urea groups is 1. The van der Waals surface area contributed by atoms with Crippen LogP contribution in [0.2, 0.25) is 0 Å². The number of aromatic amines is 1. The van der Waals surface area contributed by atoms with E-state index in [1.165, 1.54) is 16.7 Å². The molecule has 16 nitrogen and oxygen atoms in total. The van der Waals surface area contributed by atoms with E-state index in [0.29, 0.717) is 75.8 Å². The molecule has 356 valence electrons. The molecule has 4 aromatic heterocycles. The van der Waals surface area contributed by atoms with Gasteiger partial charge in [-0.05, 0) is 126 Å². The molecule has 4 aliphatic heterocycles. The Balaban J connectivity index is 0.930. The fourth-order valence-corrected chi connectivity index (χ4v) is 12.2. The Kier molecular flexibility index (Phi) is 8.95. The maximum absolute atomic E-state index is 16.8. The maximum atomic E-state index is 16.8. The third-order valence-corrected chi connectivity index (χ3v) is 15.9. The summed E-state index contributed by atoms with van der Waals surface area (Å²) in [5.74, 6) is -0.938. The zero-order valence-corrected chi connectivity index (χ0v) is 39.3. The number of aromatic nitrogens is 7. The molecule has 6 aliphatic rings. The van der Waals surface area contributed by atoms with Gasteiger partial charge in [0.2, 0.25) is 0 Å². The Hall–Kier alpha value is -6.82. The number of H-pyrrole nitrogens is 1. The number of carbonyl (C=O) groups excluding carboxylic acids is 2. The quantitative estimate of drug-likeness (QED) is 0.165. The highest BCUT2D eigenvalue weighted by atomic mass is 19.1. The van der Waals surface area contributed by atoms with Gasteiger partial charge in [0.25, 0.3) is 5.91 Å². The first-order valence-electron chi connectivity index (χ1n) is 24.1. The fraction of sp³-hybridized carbons (Fsp3) is 0.451.